The van der Waals surface area contributed by atoms with Crippen LogP contribution < -0.4 is 14.2 Å². The number of fused-ring (bicyclic) bond motifs is 1. The van der Waals surface area contributed by atoms with E-state index in [0.29, 0.717) is 28.2 Å². The first-order chi connectivity index (χ1) is 12.5. The molecular formula is C16H19F2N3NaO6S. The van der Waals surface area contributed by atoms with Crippen molar-refractivity contribution < 1.29 is 38.2 Å². The standard InChI is InChI=1S/C16H15F2N3O4S.Na.2H2O/c1-23-13-5-6-19-12(14(13)24-2)8-26(22)16-20-10-4-3-9(25-15(17)18)7-11(10)21-16;;;/h3-7,15H,8H2,1-2H3,(H,20,21);;2*1H2/t26-;;;/m0.../s1. The molecule has 9 nitrogen and oxygen atoms in total. The van der Waals surface area contributed by atoms with Gasteiger partial charge in [0.05, 0.1) is 47.5 Å². The van der Waals surface area contributed by atoms with Crippen LogP contribution in [0.2, 0.25) is 0 Å². The van der Waals surface area contributed by atoms with Crippen LogP contribution >= 0.6 is 0 Å². The zero-order valence-corrected chi connectivity index (χ0v) is 18.7. The second-order valence-electron chi connectivity index (χ2n) is 5.08. The summed E-state index contributed by atoms with van der Waals surface area (Å²) in [6.07, 6.45) is 1.53. The summed E-state index contributed by atoms with van der Waals surface area (Å²) in [6.45, 7) is -2.92. The Morgan fingerprint density at radius 2 is 1.90 bits per heavy atom. The molecule has 2 heterocycles. The third kappa shape index (κ3) is 6.32. The Balaban J connectivity index is 0.00000261. The molecule has 3 aromatic rings. The number of hydrogen-bond acceptors (Lipinski definition) is 6. The Hall–Kier alpha value is -1.83. The van der Waals surface area contributed by atoms with Crippen LogP contribution in [0, 0.1) is 0 Å². The Labute approximate surface area is 189 Å². The Bertz CT molecular complexity index is 960. The molecule has 0 amide bonds. The summed E-state index contributed by atoms with van der Waals surface area (Å²) in [5.74, 6) is 0.908. The van der Waals surface area contributed by atoms with Crippen molar-refractivity contribution in [3.05, 3.63) is 36.2 Å². The van der Waals surface area contributed by atoms with Gasteiger partial charge in [0, 0.05) is 47.9 Å². The van der Waals surface area contributed by atoms with Gasteiger partial charge in [0.25, 0.3) is 0 Å². The molecule has 0 saturated carbocycles. The van der Waals surface area contributed by atoms with E-state index in [1.54, 1.807) is 6.07 Å². The average molecular weight is 442 g/mol. The number of imidazole rings is 1. The van der Waals surface area contributed by atoms with Gasteiger partial charge in [-0.3, -0.25) is 9.19 Å². The molecule has 1 aromatic carbocycles. The molecule has 29 heavy (non-hydrogen) atoms. The number of methoxy groups -OCH3 is 2. The molecule has 0 aliphatic carbocycles. The third-order valence-corrected chi connectivity index (χ3v) is 4.67. The van der Waals surface area contributed by atoms with Crippen molar-refractivity contribution in [3.63, 3.8) is 0 Å². The molecule has 0 saturated heterocycles. The summed E-state index contributed by atoms with van der Waals surface area (Å²) in [4.78, 5) is 11.3. The molecule has 5 N–H and O–H groups in total. The minimum atomic E-state index is -2.92. The molecular weight excluding hydrogens is 423 g/mol. The molecule has 13 heteroatoms. The molecule has 1 radical (unpaired) electrons. The maximum atomic E-state index is 12.6. The van der Waals surface area contributed by atoms with Crippen LogP contribution in [0.4, 0.5) is 8.78 Å². The monoisotopic (exact) mass is 442 g/mol. The number of aromatic amines is 1. The van der Waals surface area contributed by atoms with Crippen LogP contribution in [-0.2, 0) is 16.6 Å². The van der Waals surface area contributed by atoms with E-state index < -0.39 is 17.4 Å². The number of halogens is 2. The molecule has 0 aliphatic rings. The topological polar surface area (TPSA) is 149 Å². The van der Waals surface area contributed by atoms with Gasteiger partial charge in [0.15, 0.2) is 16.7 Å². The predicted octanol–water partition coefficient (Wildman–Crippen LogP) is 0.854. The molecule has 0 fully saturated rings. The number of aromatic nitrogens is 3. The minimum Gasteiger partial charge on any atom is -0.493 e. The van der Waals surface area contributed by atoms with E-state index in [0.717, 1.165) is 0 Å². The van der Waals surface area contributed by atoms with Crippen LogP contribution in [-0.4, -0.2) is 80.5 Å². The van der Waals surface area contributed by atoms with Crippen molar-refractivity contribution in [2.75, 3.05) is 14.2 Å². The van der Waals surface area contributed by atoms with E-state index in [-0.39, 0.29) is 57.2 Å². The zero-order chi connectivity index (χ0) is 18.7. The van der Waals surface area contributed by atoms with Gasteiger partial charge in [0.2, 0.25) is 0 Å². The van der Waals surface area contributed by atoms with Crippen molar-refractivity contribution in [2.24, 2.45) is 0 Å². The summed E-state index contributed by atoms with van der Waals surface area (Å²) < 4.78 is 52.1. The van der Waals surface area contributed by atoms with E-state index in [1.165, 1.54) is 38.6 Å². The number of nitrogens with one attached hydrogen (secondary N) is 1. The Morgan fingerprint density at radius 1 is 1.17 bits per heavy atom. The summed E-state index contributed by atoms with van der Waals surface area (Å²) >= 11 is 0. The zero-order valence-electron chi connectivity index (χ0n) is 15.9. The van der Waals surface area contributed by atoms with Crippen molar-refractivity contribution in [1.82, 2.24) is 15.0 Å². The SMILES string of the molecule is COc1ccnc(C[S@](=O)c2nc3ccc(OC(F)F)cc3[nH]2)c1OC.O.O.[Na]. The van der Waals surface area contributed by atoms with Crippen LogP contribution in [0.25, 0.3) is 11.0 Å². The van der Waals surface area contributed by atoms with Gasteiger partial charge in [-0.1, -0.05) is 0 Å². The minimum absolute atomic E-state index is 0. The van der Waals surface area contributed by atoms with E-state index in [2.05, 4.69) is 19.7 Å². The van der Waals surface area contributed by atoms with Gasteiger partial charge in [-0.2, -0.15) is 8.78 Å². The molecule has 0 spiro atoms. The van der Waals surface area contributed by atoms with Gasteiger partial charge in [-0.05, 0) is 12.1 Å². The smallest absolute Gasteiger partial charge is 0.387 e. The normalized spacial score (nSPS) is 11.1. The molecule has 2 aromatic heterocycles. The summed E-state index contributed by atoms with van der Waals surface area (Å²) in [5, 5.41) is 0.195. The number of benzene rings is 1. The van der Waals surface area contributed by atoms with Crippen molar-refractivity contribution in [2.45, 2.75) is 17.5 Å². The second-order valence-corrected chi connectivity index (χ2v) is 6.45. The Morgan fingerprint density at radius 3 is 2.52 bits per heavy atom. The van der Waals surface area contributed by atoms with E-state index in [9.17, 15) is 13.0 Å². The van der Waals surface area contributed by atoms with E-state index >= 15 is 0 Å². The number of rotatable bonds is 7. The first kappa shape index (κ1) is 27.2. The van der Waals surface area contributed by atoms with Crippen molar-refractivity contribution in [3.8, 4) is 17.2 Å². The molecule has 155 valence electrons. The summed E-state index contributed by atoms with van der Waals surface area (Å²) in [5.41, 5.74) is 1.38. The quantitative estimate of drug-likeness (QED) is 0.536. The molecule has 1 atom stereocenters. The molecule has 0 aliphatic heterocycles. The maximum absolute atomic E-state index is 12.6. The van der Waals surface area contributed by atoms with Crippen molar-refractivity contribution in [1.29, 1.82) is 0 Å². The second kappa shape index (κ2) is 12.0. The van der Waals surface area contributed by atoms with Crippen LogP contribution in [0.1, 0.15) is 5.69 Å². The van der Waals surface area contributed by atoms with Crippen LogP contribution in [0.3, 0.4) is 0 Å². The predicted molar refractivity (Wildman–Crippen MR) is 103 cm³/mol. The van der Waals surface area contributed by atoms with Gasteiger partial charge >= 0.3 is 6.61 Å². The summed E-state index contributed by atoms with van der Waals surface area (Å²) in [7, 11) is 1.41. The van der Waals surface area contributed by atoms with Gasteiger partial charge in [0.1, 0.15) is 5.75 Å². The number of hydrogen-bond donors (Lipinski definition) is 1. The van der Waals surface area contributed by atoms with Gasteiger partial charge < -0.3 is 30.1 Å². The first-order valence-corrected chi connectivity index (χ1v) is 8.72. The Kier molecular flexibility index (Phi) is 11.2. The molecule has 3 rings (SSSR count). The third-order valence-electron chi connectivity index (χ3n) is 3.51. The largest absolute Gasteiger partial charge is 0.493 e. The van der Waals surface area contributed by atoms with Crippen molar-refractivity contribution >= 4 is 51.4 Å². The van der Waals surface area contributed by atoms with E-state index in [4.69, 9.17) is 9.47 Å². The summed E-state index contributed by atoms with van der Waals surface area (Å²) in [6, 6.07) is 5.89. The fourth-order valence-corrected chi connectivity index (χ4v) is 3.41. The van der Waals surface area contributed by atoms with E-state index in [1.807, 2.05) is 0 Å². The van der Waals surface area contributed by atoms with Gasteiger partial charge in [-0.25, -0.2) is 4.98 Å². The number of nitrogens with zero attached hydrogens (tertiary/aromatic N) is 2. The number of H-pyrrole nitrogens is 1. The number of alkyl halides is 2. The van der Waals surface area contributed by atoms with Crippen LogP contribution in [0.5, 0.6) is 17.2 Å². The molecule has 0 bridgehead atoms. The average Bonchev–Trinajstić information content (AvgIpc) is 3.04. The fraction of sp³-hybridized carbons (Fsp3) is 0.250. The van der Waals surface area contributed by atoms with Crippen LogP contribution in [0.15, 0.2) is 35.6 Å². The van der Waals surface area contributed by atoms with Gasteiger partial charge in [-0.15, -0.1) is 0 Å². The fourth-order valence-electron chi connectivity index (χ4n) is 2.40. The molecule has 0 unspecified atom stereocenters. The number of pyridine rings is 1. The maximum Gasteiger partial charge on any atom is 0.387 e. The number of ether oxygens (including phenoxy) is 3. The first-order valence-electron chi connectivity index (χ1n) is 7.40.